The van der Waals surface area contributed by atoms with Crippen LogP contribution in [0.25, 0.3) is 67.6 Å². The van der Waals surface area contributed by atoms with E-state index >= 15 is 0 Å². The molecule has 13 aromatic rings. The molecule has 0 unspecified atom stereocenters. The van der Waals surface area contributed by atoms with Gasteiger partial charge >= 0.3 is 23.9 Å². The van der Waals surface area contributed by atoms with E-state index in [1.165, 1.54) is 95.2 Å². The maximum atomic E-state index is 13.9. The van der Waals surface area contributed by atoms with Gasteiger partial charge < -0.3 is 39.4 Å². The molecule has 10 aromatic carbocycles. The normalized spacial score (nSPS) is 12.2. The number of tetrazole rings is 3. The highest BCUT2D eigenvalue weighted by molar-refractivity contribution is 7.91. The van der Waals surface area contributed by atoms with Crippen LogP contribution >= 0.6 is 0 Å². The lowest BCUT2D eigenvalue weighted by atomic mass is 9.97. The van der Waals surface area contributed by atoms with Crippen LogP contribution in [0.5, 0.6) is 23.0 Å². The Balaban J connectivity index is 0.000000151. The number of hydrogen-bond acceptors (Lipinski definition) is 26. The first-order valence-electron chi connectivity index (χ1n) is 36.6. The molecule has 0 saturated carbocycles. The summed E-state index contributed by atoms with van der Waals surface area (Å²) < 4.78 is 141. The molecule has 15 rings (SSSR count). The van der Waals surface area contributed by atoms with E-state index in [2.05, 4.69) is 61.9 Å². The van der Waals surface area contributed by atoms with Crippen molar-refractivity contribution in [3.8, 4) is 85.5 Å². The minimum absolute atomic E-state index is 0.0154. The Morgan fingerprint density at radius 3 is 1.01 bits per heavy atom. The third-order valence-electron chi connectivity index (χ3n) is 19.2. The Bertz CT molecular complexity index is 6930. The van der Waals surface area contributed by atoms with E-state index < -0.39 is 74.8 Å². The monoisotopic (exact) mass is 1750 g/mol. The van der Waals surface area contributed by atoms with Crippen LogP contribution in [0.3, 0.4) is 0 Å². The molecular formula is C86H70FN13O20S4. The zero-order chi connectivity index (χ0) is 88.6. The molecule has 0 bridgehead atoms. The summed E-state index contributed by atoms with van der Waals surface area (Å²) >= 11 is 0. The number of rotatable bonds is 27. The van der Waals surface area contributed by atoms with E-state index in [9.17, 15) is 82.9 Å². The first kappa shape index (κ1) is 88.0. The van der Waals surface area contributed by atoms with Crippen LogP contribution in [-0.4, -0.2) is 168 Å². The Morgan fingerprint density at radius 2 is 0.702 bits per heavy atom. The molecule has 630 valence electrons. The molecule has 2 aliphatic rings. The summed E-state index contributed by atoms with van der Waals surface area (Å²) in [6.45, 7) is 0. The number of benzene rings is 10. The highest BCUT2D eigenvalue weighted by Gasteiger charge is 2.31. The van der Waals surface area contributed by atoms with Crippen molar-refractivity contribution in [3.63, 3.8) is 0 Å². The fourth-order valence-corrected chi connectivity index (χ4v) is 19.6. The average molecular weight is 1750 g/mol. The largest absolute Gasteiger partial charge is 0.495 e. The lowest BCUT2D eigenvalue weighted by Gasteiger charge is -2.15. The van der Waals surface area contributed by atoms with Crippen LogP contribution in [-0.2, 0) is 62.4 Å². The van der Waals surface area contributed by atoms with Gasteiger partial charge in [-0.25, -0.2) is 57.2 Å². The molecule has 0 fully saturated rings. The summed E-state index contributed by atoms with van der Waals surface area (Å²) in [4.78, 5) is 44.6. The number of nitrogens with one attached hydrogen (secondary N) is 3. The Morgan fingerprint density at radius 1 is 0.379 bits per heavy atom. The molecule has 0 atom stereocenters. The summed E-state index contributed by atoms with van der Waals surface area (Å²) in [7, 11) is -10.7. The van der Waals surface area contributed by atoms with E-state index in [-0.39, 0.29) is 87.9 Å². The van der Waals surface area contributed by atoms with E-state index in [1.807, 2.05) is 78.9 Å². The Labute approximate surface area is 706 Å². The van der Waals surface area contributed by atoms with Crippen molar-refractivity contribution in [2.24, 2.45) is 0 Å². The molecule has 3 aromatic heterocycles. The summed E-state index contributed by atoms with van der Waals surface area (Å²) in [6, 6.07) is 52.5. The second-order valence-corrected chi connectivity index (χ2v) is 34.9. The molecular weight excluding hydrogens is 1680 g/mol. The smallest absolute Gasteiger partial charge is 0.335 e. The first-order valence-corrected chi connectivity index (χ1v) is 43.3. The predicted octanol–water partition coefficient (Wildman–Crippen LogP) is 13.0. The highest BCUT2D eigenvalue weighted by Crippen LogP contribution is 2.40. The molecule has 0 radical (unpaired) electrons. The van der Waals surface area contributed by atoms with Crippen LogP contribution in [0.15, 0.2) is 256 Å². The van der Waals surface area contributed by atoms with Gasteiger partial charge in [0.2, 0.25) is 17.5 Å². The molecule has 2 aliphatic carbocycles. The van der Waals surface area contributed by atoms with Crippen LogP contribution in [0.1, 0.15) is 93.2 Å². The van der Waals surface area contributed by atoms with Crippen LogP contribution in [0, 0.1) is 17.1 Å². The third kappa shape index (κ3) is 20.7. The maximum Gasteiger partial charge on any atom is 0.335 e. The van der Waals surface area contributed by atoms with Crippen molar-refractivity contribution in [1.82, 2.24) is 61.9 Å². The van der Waals surface area contributed by atoms with Gasteiger partial charge in [0.15, 0.2) is 39.3 Å². The molecule has 38 heteroatoms. The number of nitriles is 1. The summed E-state index contributed by atoms with van der Waals surface area (Å²) in [5, 5.41) is 87.7. The molecule has 124 heavy (non-hydrogen) atoms. The van der Waals surface area contributed by atoms with Crippen molar-refractivity contribution in [2.75, 3.05) is 28.4 Å². The van der Waals surface area contributed by atoms with Gasteiger partial charge in [0.05, 0.1) is 85.3 Å². The average Bonchev–Trinajstić information content (AvgIpc) is 1.57. The van der Waals surface area contributed by atoms with Gasteiger partial charge in [-0.1, -0.05) is 121 Å². The van der Waals surface area contributed by atoms with E-state index in [1.54, 1.807) is 72.8 Å². The summed E-state index contributed by atoms with van der Waals surface area (Å²) in [6.07, 6.45) is 13.0. The topological polar surface area (TPSA) is 510 Å². The molecule has 0 aliphatic heterocycles. The van der Waals surface area contributed by atoms with Crippen molar-refractivity contribution in [2.45, 2.75) is 55.4 Å². The number of aromatic carboxylic acids is 4. The number of ether oxygens (including phenoxy) is 4. The second-order valence-electron chi connectivity index (χ2n) is 27.0. The number of halogens is 1. The molecule has 0 saturated heterocycles. The highest BCUT2D eigenvalue weighted by atomic mass is 32.2. The standard InChI is InChI=1S/C22H17FN4O5S.C22H18N4O5S.C21H18N4O5S.C21H17NO5S/c1-32-19-8-6-15(22(28)29)11-20(19)33(30,31)12-16-9-14(21-24-26-27-25-21)5-7-18(16)13-3-2-4-17(23)10-13;1-31-19-10-8-16(22(27)28)12-20(19)32(29,30)13-17-11-15(21-23-25-26-24-21)7-9-18(17)14-5-3-2-4-6-14;1-30-18-9-7-15(21(26)27)11-19(18)31(28,29)12-16-10-14(20-22-24-25-23-20)6-8-17(16)13-4-2-3-5-13;1-27-19-9-7-16(21(23)24)11-20(19)28(25,26)13-17-10-14(12-22)6-8-18(17)15-4-2-3-5-15/h2-11H,12H2,1H3,(H,28,29)(H,24,25,26,27);2-12H,13H2,1H3,(H,27,28)(H,23,24,25,26);2-4,6-11H,5,12H2,1H3,(H,26,27)(H,22,23,24,25);2-4,6-11H,5,13H2,1H3,(H,23,24). The second kappa shape index (κ2) is 38.4. The van der Waals surface area contributed by atoms with Gasteiger partial charge in [-0.05, 0) is 211 Å². The molecule has 33 nitrogen and oxygen atoms in total. The van der Waals surface area contributed by atoms with Gasteiger partial charge in [0, 0.05) is 16.7 Å². The molecule has 0 amide bonds. The SMILES string of the molecule is COc1ccc(C(=O)O)cc1S(=O)(=O)Cc1cc(-c2nn[nH]n2)ccc1-c1cccc(F)c1.COc1ccc(C(=O)O)cc1S(=O)(=O)Cc1cc(-c2nn[nH]n2)ccc1-c1ccccc1.COc1ccc(C(=O)O)cc1S(=O)(=O)Cc1cc(-c2nn[nH]n2)ccc1C1=CC=CC1.COc1ccc(C(=O)O)cc1S(=O)(=O)Cc1cc(C#N)ccc1C1=CC=CC1. The van der Waals surface area contributed by atoms with Crippen molar-refractivity contribution in [1.29, 1.82) is 5.26 Å². The minimum Gasteiger partial charge on any atom is -0.495 e. The zero-order valence-corrected chi connectivity index (χ0v) is 68.8. The number of aromatic nitrogens is 12. The molecule has 7 N–H and O–H groups in total. The van der Waals surface area contributed by atoms with Gasteiger partial charge in [0.1, 0.15) is 48.4 Å². The van der Waals surface area contributed by atoms with E-state index in [4.69, 9.17) is 18.9 Å². The van der Waals surface area contributed by atoms with Crippen LogP contribution in [0.4, 0.5) is 4.39 Å². The Hall–Kier alpha value is -15.3. The van der Waals surface area contributed by atoms with Gasteiger partial charge in [0.25, 0.3) is 0 Å². The number of sulfone groups is 4. The number of aromatic amines is 3. The quantitative estimate of drug-likeness (QED) is 0.0251. The summed E-state index contributed by atoms with van der Waals surface area (Å²) in [5.74, 6) is -5.88. The number of carboxylic acids is 4. The fourth-order valence-electron chi connectivity index (χ4n) is 13.3. The van der Waals surface area contributed by atoms with Crippen LogP contribution in [0.2, 0.25) is 0 Å². The molecule has 3 heterocycles. The number of carbonyl (C=O) groups is 4. The number of H-pyrrole nitrogens is 3. The first-order chi connectivity index (χ1) is 59.4. The minimum atomic E-state index is -4.08. The number of methoxy groups -OCH3 is 4. The molecule has 0 spiro atoms. The van der Waals surface area contributed by atoms with Crippen molar-refractivity contribution in [3.05, 3.63) is 304 Å². The lowest BCUT2D eigenvalue weighted by Crippen LogP contribution is -2.10. The third-order valence-corrected chi connectivity index (χ3v) is 25.9. The lowest BCUT2D eigenvalue weighted by molar-refractivity contribution is 0.0685. The van der Waals surface area contributed by atoms with Crippen molar-refractivity contribution < 1.29 is 96.6 Å². The number of allylic oxidation sites excluding steroid dienone is 8. The number of nitrogens with zero attached hydrogens (tertiary/aromatic N) is 10. The fraction of sp³-hybridized carbons (Fsp3) is 0.116. The van der Waals surface area contributed by atoms with E-state index in [0.717, 1.165) is 57.7 Å². The maximum absolute atomic E-state index is 13.9. The van der Waals surface area contributed by atoms with Crippen molar-refractivity contribution >= 4 is 74.4 Å². The Kier molecular flexibility index (Phi) is 27.2. The number of carboxylic acid groups (broad SMARTS) is 4. The van der Waals surface area contributed by atoms with Gasteiger partial charge in [-0.15, -0.1) is 30.6 Å². The number of hydrogen-bond donors (Lipinski definition) is 7. The summed E-state index contributed by atoms with van der Waals surface area (Å²) in [5.41, 5.74) is 9.30. The van der Waals surface area contributed by atoms with Gasteiger partial charge in [-0.3, -0.25) is 0 Å². The van der Waals surface area contributed by atoms with E-state index in [0.29, 0.717) is 80.1 Å². The predicted molar refractivity (Wildman–Crippen MR) is 448 cm³/mol. The van der Waals surface area contributed by atoms with Crippen LogP contribution < -0.4 is 18.9 Å². The zero-order valence-electron chi connectivity index (χ0n) is 65.6. The van der Waals surface area contributed by atoms with Gasteiger partial charge in [-0.2, -0.15) is 20.9 Å².